The van der Waals surface area contributed by atoms with Crippen molar-refractivity contribution in [2.45, 2.75) is 50.0 Å². The van der Waals surface area contributed by atoms with Crippen molar-refractivity contribution in [3.8, 4) is 0 Å². The van der Waals surface area contributed by atoms with Gasteiger partial charge >= 0.3 is 0 Å². The maximum absolute atomic E-state index is 12.0. The molecule has 110 valence electrons. The molecule has 0 aliphatic carbocycles. The largest absolute Gasteiger partial charge is 0.378 e. The van der Waals surface area contributed by atoms with E-state index in [0.29, 0.717) is 6.42 Å². The number of halogens is 1. The number of hydrogen-bond acceptors (Lipinski definition) is 2. The molecular weight excluding hydrogens is 318 g/mol. The molecule has 3 nitrogen and oxygen atoms in total. The van der Waals surface area contributed by atoms with Crippen LogP contribution >= 0.6 is 15.9 Å². The smallest absolute Gasteiger partial charge is 0.224 e. The van der Waals surface area contributed by atoms with Crippen molar-refractivity contribution in [2.75, 3.05) is 11.9 Å². The number of carbonyl (C=O) groups is 1. The van der Waals surface area contributed by atoms with Crippen molar-refractivity contribution in [3.05, 3.63) is 29.8 Å². The number of nitrogens with one attached hydrogen (secondary N) is 1. The Morgan fingerprint density at radius 3 is 2.95 bits per heavy atom. The number of amides is 1. The molecule has 4 heteroatoms. The van der Waals surface area contributed by atoms with E-state index in [4.69, 9.17) is 4.74 Å². The third-order valence-electron chi connectivity index (χ3n) is 3.63. The molecule has 0 aromatic heterocycles. The Hall–Kier alpha value is -0.870. The van der Waals surface area contributed by atoms with E-state index in [1.54, 1.807) is 0 Å². The molecule has 20 heavy (non-hydrogen) atoms. The highest BCUT2D eigenvalue weighted by molar-refractivity contribution is 9.09. The summed E-state index contributed by atoms with van der Waals surface area (Å²) in [4.78, 5) is 12.3. The van der Waals surface area contributed by atoms with Crippen LogP contribution in [0.5, 0.6) is 0 Å². The van der Waals surface area contributed by atoms with Crippen LogP contribution in [0.15, 0.2) is 24.3 Å². The SMILES string of the molecule is CC(Br)c1ccccc1NC(=O)CCC1CCCCO1. The highest BCUT2D eigenvalue weighted by Gasteiger charge is 2.16. The van der Waals surface area contributed by atoms with Gasteiger partial charge in [-0.3, -0.25) is 4.79 Å². The Labute approximate surface area is 129 Å². The van der Waals surface area contributed by atoms with Gasteiger partial charge in [0.1, 0.15) is 0 Å². The lowest BCUT2D eigenvalue weighted by atomic mass is 10.0. The minimum absolute atomic E-state index is 0.0692. The fraction of sp³-hybridized carbons (Fsp3) is 0.562. The van der Waals surface area contributed by atoms with Crippen LogP contribution < -0.4 is 5.32 Å². The fourth-order valence-electron chi connectivity index (χ4n) is 2.50. The molecule has 1 amide bonds. The van der Waals surface area contributed by atoms with Gasteiger partial charge in [-0.1, -0.05) is 34.1 Å². The first-order valence-corrected chi connectivity index (χ1v) is 8.23. The van der Waals surface area contributed by atoms with Crippen LogP contribution in [-0.4, -0.2) is 18.6 Å². The highest BCUT2D eigenvalue weighted by Crippen LogP contribution is 2.28. The lowest BCUT2D eigenvalue weighted by Crippen LogP contribution is -2.22. The van der Waals surface area contributed by atoms with Gasteiger partial charge in [-0.15, -0.1) is 0 Å². The number of alkyl halides is 1. The molecule has 2 atom stereocenters. The van der Waals surface area contributed by atoms with E-state index < -0.39 is 0 Å². The fourth-order valence-corrected chi connectivity index (χ4v) is 2.90. The number of anilines is 1. The van der Waals surface area contributed by atoms with Crippen LogP contribution in [0.2, 0.25) is 0 Å². The minimum atomic E-state index is 0.0692. The third-order valence-corrected chi connectivity index (χ3v) is 4.12. The Balaban J connectivity index is 1.85. The molecule has 2 rings (SSSR count). The van der Waals surface area contributed by atoms with Gasteiger partial charge in [0.2, 0.25) is 5.91 Å². The number of ether oxygens (including phenoxy) is 1. The summed E-state index contributed by atoms with van der Waals surface area (Å²) < 4.78 is 5.65. The molecular formula is C16H22BrNO2. The Morgan fingerprint density at radius 2 is 2.25 bits per heavy atom. The molecule has 1 fully saturated rings. The van der Waals surface area contributed by atoms with Gasteiger partial charge in [-0.05, 0) is 44.2 Å². The first-order valence-electron chi connectivity index (χ1n) is 7.31. The standard InChI is InChI=1S/C16H22BrNO2/c1-12(17)14-7-2-3-8-15(14)18-16(19)10-9-13-6-4-5-11-20-13/h2-3,7-8,12-13H,4-6,9-11H2,1H3,(H,18,19). The molecule has 1 N–H and O–H groups in total. The summed E-state index contributed by atoms with van der Waals surface area (Å²) >= 11 is 3.55. The van der Waals surface area contributed by atoms with Crippen LogP contribution in [0.1, 0.15) is 49.4 Å². The van der Waals surface area contributed by atoms with Crippen LogP contribution in [0.3, 0.4) is 0 Å². The molecule has 0 spiro atoms. The summed E-state index contributed by atoms with van der Waals surface area (Å²) in [6.07, 6.45) is 5.06. The van der Waals surface area contributed by atoms with Crippen molar-refractivity contribution < 1.29 is 9.53 Å². The second-order valence-corrected chi connectivity index (χ2v) is 6.65. The maximum Gasteiger partial charge on any atom is 0.224 e. The summed E-state index contributed by atoms with van der Waals surface area (Å²) in [6.45, 7) is 2.90. The zero-order valence-corrected chi connectivity index (χ0v) is 13.5. The van der Waals surface area contributed by atoms with Gasteiger partial charge in [0.25, 0.3) is 0 Å². The van der Waals surface area contributed by atoms with Gasteiger partial charge in [-0.2, -0.15) is 0 Å². The van der Waals surface area contributed by atoms with E-state index in [0.717, 1.165) is 37.1 Å². The van der Waals surface area contributed by atoms with Gasteiger partial charge in [0, 0.05) is 23.5 Å². The predicted octanol–water partition coefficient (Wildman–Crippen LogP) is 4.43. The van der Waals surface area contributed by atoms with E-state index >= 15 is 0 Å². The van der Waals surface area contributed by atoms with Gasteiger partial charge in [-0.25, -0.2) is 0 Å². The normalized spacial score (nSPS) is 20.4. The van der Waals surface area contributed by atoms with Crippen LogP contribution in [0.4, 0.5) is 5.69 Å². The van der Waals surface area contributed by atoms with Crippen molar-refractivity contribution >= 4 is 27.5 Å². The number of rotatable bonds is 5. The van der Waals surface area contributed by atoms with Gasteiger partial charge in [0.15, 0.2) is 0 Å². The van der Waals surface area contributed by atoms with Crippen molar-refractivity contribution in [1.29, 1.82) is 0 Å². The second kappa shape index (κ2) is 7.79. The molecule has 2 unspecified atom stereocenters. The molecule has 0 radical (unpaired) electrons. The molecule has 0 saturated carbocycles. The van der Waals surface area contributed by atoms with Crippen molar-refractivity contribution in [2.24, 2.45) is 0 Å². The number of carbonyl (C=O) groups excluding carboxylic acids is 1. The number of para-hydroxylation sites is 1. The zero-order chi connectivity index (χ0) is 14.4. The van der Waals surface area contributed by atoms with E-state index in [1.165, 1.54) is 6.42 Å². The molecule has 1 aromatic carbocycles. The van der Waals surface area contributed by atoms with E-state index in [9.17, 15) is 4.79 Å². The monoisotopic (exact) mass is 339 g/mol. The zero-order valence-electron chi connectivity index (χ0n) is 11.9. The average molecular weight is 340 g/mol. The predicted molar refractivity (Wildman–Crippen MR) is 85.2 cm³/mol. The van der Waals surface area contributed by atoms with Crippen LogP contribution in [0, 0.1) is 0 Å². The van der Waals surface area contributed by atoms with Gasteiger partial charge < -0.3 is 10.1 Å². The van der Waals surface area contributed by atoms with Gasteiger partial charge in [0.05, 0.1) is 6.10 Å². The molecule has 1 aliphatic rings. The van der Waals surface area contributed by atoms with E-state index in [2.05, 4.69) is 28.2 Å². The van der Waals surface area contributed by atoms with Crippen molar-refractivity contribution in [3.63, 3.8) is 0 Å². The summed E-state index contributed by atoms with van der Waals surface area (Å²) in [5, 5.41) is 3.01. The van der Waals surface area contributed by atoms with E-state index in [1.807, 2.05) is 24.3 Å². The maximum atomic E-state index is 12.0. The van der Waals surface area contributed by atoms with Crippen LogP contribution in [0.25, 0.3) is 0 Å². The summed E-state index contributed by atoms with van der Waals surface area (Å²) in [7, 11) is 0. The van der Waals surface area contributed by atoms with E-state index in [-0.39, 0.29) is 16.8 Å². The first-order chi connectivity index (χ1) is 9.66. The quantitative estimate of drug-likeness (QED) is 0.806. The second-order valence-electron chi connectivity index (χ2n) is 5.28. The third kappa shape index (κ3) is 4.60. The molecule has 0 bridgehead atoms. The number of benzene rings is 1. The summed E-state index contributed by atoms with van der Waals surface area (Å²) in [6, 6.07) is 7.90. The molecule has 1 aromatic rings. The lowest BCUT2D eigenvalue weighted by molar-refractivity contribution is -0.117. The minimum Gasteiger partial charge on any atom is -0.378 e. The van der Waals surface area contributed by atoms with Crippen LogP contribution in [-0.2, 0) is 9.53 Å². The Morgan fingerprint density at radius 1 is 1.45 bits per heavy atom. The topological polar surface area (TPSA) is 38.3 Å². The molecule has 1 aliphatic heterocycles. The average Bonchev–Trinajstić information content (AvgIpc) is 2.46. The molecule has 1 heterocycles. The lowest BCUT2D eigenvalue weighted by Gasteiger charge is -2.22. The summed E-state index contributed by atoms with van der Waals surface area (Å²) in [5.41, 5.74) is 2.00. The molecule has 1 saturated heterocycles. The highest BCUT2D eigenvalue weighted by atomic mass is 79.9. The van der Waals surface area contributed by atoms with Crippen molar-refractivity contribution in [1.82, 2.24) is 0 Å². The number of hydrogen-bond donors (Lipinski definition) is 1. The first kappa shape index (κ1) is 15.5. The summed E-state index contributed by atoms with van der Waals surface area (Å²) in [5.74, 6) is 0.0692. The Kier molecular flexibility index (Phi) is 6.05. The Bertz CT molecular complexity index is 442.